The van der Waals surface area contributed by atoms with Crippen molar-refractivity contribution >= 4 is 22.4 Å². The fourth-order valence-corrected chi connectivity index (χ4v) is 4.27. The van der Waals surface area contributed by atoms with Gasteiger partial charge in [-0.2, -0.15) is 0 Å². The summed E-state index contributed by atoms with van der Waals surface area (Å²) in [6.45, 7) is 2.57. The SMILES string of the molecule is C#CCN1CC(OC(=O)c2cccc(C)c2)[N+]([O-])(c2nnc(C3CC3)s2)C1. The first-order valence-electron chi connectivity index (χ1n) is 8.86. The first kappa shape index (κ1) is 18.1. The zero-order valence-corrected chi connectivity index (χ0v) is 15.8. The summed E-state index contributed by atoms with van der Waals surface area (Å²) in [6.07, 6.45) is 6.66. The number of aryl methyl sites for hydroxylation is 1. The Labute approximate surface area is 161 Å². The summed E-state index contributed by atoms with van der Waals surface area (Å²) in [5, 5.41) is 23.2. The molecule has 27 heavy (non-hydrogen) atoms. The van der Waals surface area contributed by atoms with E-state index in [1.807, 2.05) is 13.0 Å². The van der Waals surface area contributed by atoms with Gasteiger partial charge in [-0.1, -0.05) is 28.7 Å². The van der Waals surface area contributed by atoms with E-state index in [1.54, 1.807) is 23.1 Å². The molecule has 2 unspecified atom stereocenters. The molecule has 1 saturated heterocycles. The summed E-state index contributed by atoms with van der Waals surface area (Å²) in [5.74, 6) is 2.45. The highest BCUT2D eigenvalue weighted by atomic mass is 32.1. The quantitative estimate of drug-likeness (QED) is 0.341. The van der Waals surface area contributed by atoms with Crippen molar-refractivity contribution in [1.82, 2.24) is 19.7 Å². The highest BCUT2D eigenvalue weighted by Gasteiger charge is 2.47. The lowest BCUT2D eigenvalue weighted by molar-refractivity contribution is 0.00554. The molecule has 2 atom stereocenters. The van der Waals surface area contributed by atoms with Crippen molar-refractivity contribution < 1.29 is 9.53 Å². The van der Waals surface area contributed by atoms with Crippen LogP contribution in [0.4, 0.5) is 5.13 Å². The maximum atomic E-state index is 13.7. The first-order valence-corrected chi connectivity index (χ1v) is 9.67. The number of hydrogen-bond donors (Lipinski definition) is 0. The minimum atomic E-state index is -0.925. The Morgan fingerprint density at radius 3 is 3.00 bits per heavy atom. The highest BCUT2D eigenvalue weighted by molar-refractivity contribution is 7.15. The molecule has 2 aromatic rings. The zero-order valence-electron chi connectivity index (χ0n) is 15.0. The number of rotatable bonds is 5. The predicted octanol–water partition coefficient (Wildman–Crippen LogP) is 2.62. The van der Waals surface area contributed by atoms with Crippen LogP contribution in [0.25, 0.3) is 0 Å². The smallest absolute Gasteiger partial charge is 0.342 e. The second-order valence-corrected chi connectivity index (χ2v) is 8.07. The van der Waals surface area contributed by atoms with Gasteiger partial charge in [0.2, 0.25) is 0 Å². The van der Waals surface area contributed by atoms with E-state index in [-0.39, 0.29) is 13.2 Å². The van der Waals surface area contributed by atoms with Gasteiger partial charge in [-0.3, -0.25) is 4.65 Å². The van der Waals surface area contributed by atoms with Crippen LogP contribution in [0.2, 0.25) is 0 Å². The van der Waals surface area contributed by atoms with Crippen molar-refractivity contribution in [2.45, 2.75) is 31.9 Å². The standard InChI is InChI=1S/C19H20N4O3S/c1-3-9-22-11-16(26-18(24)15-6-4-5-13(2)10-15)23(25,12-22)19-21-20-17(27-19)14-7-8-14/h1,4-6,10,14,16H,7-9,11-12H2,2H3. The number of hydroxylamine groups is 2. The van der Waals surface area contributed by atoms with E-state index in [1.165, 1.54) is 11.3 Å². The van der Waals surface area contributed by atoms with Gasteiger partial charge in [-0.15, -0.1) is 11.5 Å². The van der Waals surface area contributed by atoms with Crippen molar-refractivity contribution in [1.29, 1.82) is 0 Å². The average Bonchev–Trinajstić information content (AvgIpc) is 3.28. The monoisotopic (exact) mass is 384 g/mol. The van der Waals surface area contributed by atoms with Gasteiger partial charge < -0.3 is 9.94 Å². The van der Waals surface area contributed by atoms with Gasteiger partial charge in [0.05, 0.1) is 18.7 Å². The molecular formula is C19H20N4O3S. The predicted molar refractivity (Wildman–Crippen MR) is 103 cm³/mol. The maximum Gasteiger partial charge on any atom is 0.342 e. The summed E-state index contributed by atoms with van der Waals surface area (Å²) in [7, 11) is 0. The molecule has 0 amide bonds. The number of terminal acetylenes is 1. The van der Waals surface area contributed by atoms with Crippen LogP contribution >= 0.6 is 11.3 Å². The molecule has 2 fully saturated rings. The molecule has 7 nitrogen and oxygen atoms in total. The number of carbonyl (C=O) groups excluding carboxylic acids is 1. The molecule has 0 radical (unpaired) electrons. The Kier molecular flexibility index (Phi) is 4.70. The summed E-state index contributed by atoms with van der Waals surface area (Å²) >= 11 is 1.32. The van der Waals surface area contributed by atoms with Crippen LogP contribution in [0.1, 0.15) is 39.7 Å². The van der Waals surface area contributed by atoms with E-state index >= 15 is 0 Å². The molecule has 1 aromatic heterocycles. The van der Waals surface area contributed by atoms with Crippen LogP contribution in [-0.4, -0.2) is 47.1 Å². The molecule has 8 heteroatoms. The molecule has 0 N–H and O–H groups in total. The van der Waals surface area contributed by atoms with Gasteiger partial charge in [-0.25, -0.2) is 9.69 Å². The number of nitrogens with zero attached hydrogens (tertiary/aromatic N) is 4. The van der Waals surface area contributed by atoms with Crippen molar-refractivity contribution in [2.75, 3.05) is 19.8 Å². The largest absolute Gasteiger partial charge is 0.622 e. The van der Waals surface area contributed by atoms with Crippen LogP contribution in [0, 0.1) is 24.5 Å². The van der Waals surface area contributed by atoms with E-state index in [0.717, 1.165) is 23.4 Å². The topological polar surface area (TPSA) is 78.4 Å². The van der Waals surface area contributed by atoms with Crippen LogP contribution in [0.15, 0.2) is 24.3 Å². The van der Waals surface area contributed by atoms with E-state index in [0.29, 0.717) is 23.2 Å². The Bertz CT molecular complexity index is 904. The Balaban J connectivity index is 1.59. The Morgan fingerprint density at radius 1 is 1.48 bits per heavy atom. The van der Waals surface area contributed by atoms with E-state index in [2.05, 4.69) is 16.1 Å². The van der Waals surface area contributed by atoms with Gasteiger partial charge in [0, 0.05) is 5.92 Å². The molecule has 0 spiro atoms. The van der Waals surface area contributed by atoms with E-state index in [4.69, 9.17) is 11.2 Å². The average molecular weight is 384 g/mol. The molecule has 2 heterocycles. The molecular weight excluding hydrogens is 364 g/mol. The van der Waals surface area contributed by atoms with Crippen LogP contribution in [0.3, 0.4) is 0 Å². The second-order valence-electron chi connectivity index (χ2n) is 7.08. The van der Waals surface area contributed by atoms with Gasteiger partial charge in [0.15, 0.2) is 0 Å². The minimum Gasteiger partial charge on any atom is -0.622 e. The van der Waals surface area contributed by atoms with Gasteiger partial charge in [0.25, 0.3) is 6.23 Å². The lowest BCUT2D eigenvalue weighted by atomic mass is 10.1. The van der Waals surface area contributed by atoms with Crippen molar-refractivity contribution in [3.63, 3.8) is 0 Å². The van der Waals surface area contributed by atoms with Crippen molar-refractivity contribution in [3.8, 4) is 12.3 Å². The van der Waals surface area contributed by atoms with Crippen LogP contribution < -0.4 is 4.65 Å². The lowest BCUT2D eigenvalue weighted by Gasteiger charge is -2.38. The maximum absolute atomic E-state index is 13.7. The molecule has 140 valence electrons. The summed E-state index contributed by atoms with van der Waals surface area (Å²) in [6, 6.07) is 7.11. The number of esters is 1. The molecule has 1 aromatic carbocycles. The van der Waals surface area contributed by atoms with Gasteiger partial charge in [-0.05, 0) is 43.2 Å². The third kappa shape index (κ3) is 3.59. The van der Waals surface area contributed by atoms with E-state index < -0.39 is 16.8 Å². The summed E-state index contributed by atoms with van der Waals surface area (Å²) in [4.78, 5) is 14.4. The number of aromatic nitrogens is 2. The van der Waals surface area contributed by atoms with Crippen molar-refractivity contribution in [3.05, 3.63) is 45.6 Å². The fraction of sp³-hybridized carbons (Fsp3) is 0.421. The first-order chi connectivity index (χ1) is 13.0. The lowest BCUT2D eigenvalue weighted by Crippen LogP contribution is -2.50. The summed E-state index contributed by atoms with van der Waals surface area (Å²) < 4.78 is 4.78. The van der Waals surface area contributed by atoms with E-state index in [9.17, 15) is 10.0 Å². The molecule has 2 aliphatic rings. The molecule has 1 saturated carbocycles. The third-order valence-electron chi connectivity index (χ3n) is 4.78. The third-order valence-corrected chi connectivity index (χ3v) is 5.98. The number of hydrogen-bond acceptors (Lipinski definition) is 7. The van der Waals surface area contributed by atoms with Crippen LogP contribution in [-0.2, 0) is 4.74 Å². The minimum absolute atomic E-state index is 0.0925. The Hall–Kier alpha value is -2.31. The molecule has 0 bridgehead atoms. The zero-order chi connectivity index (χ0) is 19.0. The number of carbonyl (C=O) groups is 1. The molecule has 1 aliphatic heterocycles. The fourth-order valence-electron chi connectivity index (χ4n) is 3.19. The molecule has 1 aliphatic carbocycles. The number of benzene rings is 1. The molecule has 4 rings (SSSR count). The van der Waals surface area contributed by atoms with Gasteiger partial charge in [0.1, 0.15) is 11.7 Å². The normalized spacial score (nSPS) is 25.3. The highest BCUT2D eigenvalue weighted by Crippen LogP contribution is 2.44. The van der Waals surface area contributed by atoms with Crippen molar-refractivity contribution in [2.24, 2.45) is 0 Å². The second kappa shape index (κ2) is 7.02. The number of ether oxygens (including phenoxy) is 1. The summed E-state index contributed by atoms with van der Waals surface area (Å²) in [5.41, 5.74) is 1.37. The Morgan fingerprint density at radius 2 is 2.30 bits per heavy atom. The number of quaternary nitrogens is 1. The van der Waals surface area contributed by atoms with Crippen LogP contribution in [0.5, 0.6) is 0 Å². The van der Waals surface area contributed by atoms with Gasteiger partial charge >= 0.3 is 11.1 Å².